The number of pyridine rings is 1. The van der Waals surface area contributed by atoms with Gasteiger partial charge >= 0.3 is 0 Å². The van der Waals surface area contributed by atoms with E-state index in [1.807, 2.05) is 13.8 Å². The summed E-state index contributed by atoms with van der Waals surface area (Å²) in [6.07, 6.45) is 1.95. The highest BCUT2D eigenvalue weighted by Gasteiger charge is 2.16. The molecule has 2 amide bonds. The Morgan fingerprint density at radius 2 is 2.00 bits per heavy atom. The standard InChI is InChI=1S/C19H22N4O4/c1-4-12(2)22-18(24)15-7-5-6-14(8-15)10-21-19(25)17-9-16(23(26)27)11-20-13(17)3/h5-9,11-12H,4,10H2,1-3H3,(H,21,25)(H,22,24). The minimum Gasteiger partial charge on any atom is -0.350 e. The lowest BCUT2D eigenvalue weighted by Crippen LogP contribution is -2.32. The van der Waals surface area contributed by atoms with Gasteiger partial charge in [0.05, 0.1) is 16.2 Å². The van der Waals surface area contributed by atoms with Gasteiger partial charge in [-0.05, 0) is 38.0 Å². The monoisotopic (exact) mass is 370 g/mol. The lowest BCUT2D eigenvalue weighted by Gasteiger charge is -2.12. The highest BCUT2D eigenvalue weighted by atomic mass is 16.6. The predicted molar refractivity (Wildman–Crippen MR) is 100 cm³/mol. The molecule has 0 aliphatic heterocycles. The molecule has 0 aliphatic carbocycles. The van der Waals surface area contributed by atoms with Crippen molar-refractivity contribution in [2.75, 3.05) is 0 Å². The Hall–Kier alpha value is -3.29. The third kappa shape index (κ3) is 5.34. The first-order valence-electron chi connectivity index (χ1n) is 8.60. The Balaban J connectivity index is 2.08. The zero-order chi connectivity index (χ0) is 20.0. The number of nitrogens with one attached hydrogen (secondary N) is 2. The smallest absolute Gasteiger partial charge is 0.288 e. The SMILES string of the molecule is CCC(C)NC(=O)c1cccc(CNC(=O)c2cc([N+](=O)[O-])cnc2C)c1. The van der Waals surface area contributed by atoms with E-state index in [-0.39, 0.29) is 29.7 Å². The van der Waals surface area contributed by atoms with Gasteiger partial charge in [-0.1, -0.05) is 19.1 Å². The molecule has 0 saturated heterocycles. The third-order valence-corrected chi connectivity index (χ3v) is 4.16. The Labute approximate surface area is 157 Å². The highest BCUT2D eigenvalue weighted by molar-refractivity contribution is 5.96. The lowest BCUT2D eigenvalue weighted by atomic mass is 10.1. The number of nitro groups is 1. The maximum absolute atomic E-state index is 12.4. The van der Waals surface area contributed by atoms with E-state index in [9.17, 15) is 19.7 Å². The van der Waals surface area contributed by atoms with Crippen LogP contribution in [0.4, 0.5) is 5.69 Å². The summed E-state index contributed by atoms with van der Waals surface area (Å²) in [6, 6.07) is 8.22. The van der Waals surface area contributed by atoms with Crippen LogP contribution < -0.4 is 10.6 Å². The Kier molecular flexibility index (Phi) is 6.59. The molecule has 0 saturated carbocycles. The van der Waals surface area contributed by atoms with Gasteiger partial charge in [0.2, 0.25) is 0 Å². The molecule has 142 valence electrons. The minimum absolute atomic E-state index is 0.0743. The number of aromatic nitrogens is 1. The molecule has 0 fully saturated rings. The van der Waals surface area contributed by atoms with Gasteiger partial charge in [0.25, 0.3) is 17.5 Å². The molecule has 2 rings (SSSR count). The van der Waals surface area contributed by atoms with E-state index in [2.05, 4.69) is 15.6 Å². The highest BCUT2D eigenvalue weighted by Crippen LogP contribution is 2.15. The minimum atomic E-state index is -0.595. The van der Waals surface area contributed by atoms with Gasteiger partial charge in [-0.3, -0.25) is 24.7 Å². The van der Waals surface area contributed by atoms with Crippen LogP contribution in [-0.2, 0) is 6.54 Å². The van der Waals surface area contributed by atoms with Crippen molar-refractivity contribution in [3.05, 3.63) is 69.0 Å². The molecule has 2 aromatic rings. The molecule has 8 nitrogen and oxygen atoms in total. The van der Waals surface area contributed by atoms with Crippen molar-refractivity contribution in [2.24, 2.45) is 0 Å². The summed E-state index contributed by atoms with van der Waals surface area (Å²) in [6.45, 7) is 5.71. The van der Waals surface area contributed by atoms with Crippen LogP contribution in [0, 0.1) is 17.0 Å². The van der Waals surface area contributed by atoms with Crippen LogP contribution in [0.5, 0.6) is 0 Å². The van der Waals surface area contributed by atoms with Crippen LogP contribution in [0.1, 0.15) is 52.2 Å². The van der Waals surface area contributed by atoms with E-state index in [1.54, 1.807) is 31.2 Å². The van der Waals surface area contributed by atoms with Gasteiger partial charge in [0.1, 0.15) is 6.20 Å². The Morgan fingerprint density at radius 1 is 1.26 bits per heavy atom. The van der Waals surface area contributed by atoms with E-state index in [4.69, 9.17) is 0 Å². The molecule has 1 aromatic carbocycles. The van der Waals surface area contributed by atoms with Crippen molar-refractivity contribution in [1.82, 2.24) is 15.6 Å². The average Bonchev–Trinajstić information content (AvgIpc) is 2.66. The van der Waals surface area contributed by atoms with Crippen molar-refractivity contribution in [1.29, 1.82) is 0 Å². The first-order valence-corrected chi connectivity index (χ1v) is 8.60. The Bertz CT molecular complexity index is 867. The van der Waals surface area contributed by atoms with Crippen LogP contribution in [0.15, 0.2) is 36.5 Å². The lowest BCUT2D eigenvalue weighted by molar-refractivity contribution is -0.385. The summed E-state index contributed by atoms with van der Waals surface area (Å²) < 4.78 is 0. The van der Waals surface area contributed by atoms with Crippen LogP contribution in [-0.4, -0.2) is 27.8 Å². The largest absolute Gasteiger partial charge is 0.350 e. The number of benzene rings is 1. The Morgan fingerprint density at radius 3 is 2.67 bits per heavy atom. The maximum Gasteiger partial charge on any atom is 0.288 e. The quantitative estimate of drug-likeness (QED) is 0.574. The van der Waals surface area contributed by atoms with Crippen LogP contribution in [0.2, 0.25) is 0 Å². The molecule has 1 aromatic heterocycles. The second kappa shape index (κ2) is 8.88. The van der Waals surface area contributed by atoms with Gasteiger partial charge in [-0.25, -0.2) is 0 Å². The first kappa shape index (κ1) is 20.0. The summed E-state index contributed by atoms with van der Waals surface area (Å²) in [5, 5.41) is 16.5. The van der Waals surface area contributed by atoms with E-state index in [1.165, 1.54) is 6.07 Å². The van der Waals surface area contributed by atoms with Gasteiger partial charge in [-0.15, -0.1) is 0 Å². The summed E-state index contributed by atoms with van der Waals surface area (Å²) in [5.41, 5.74) is 1.57. The third-order valence-electron chi connectivity index (χ3n) is 4.16. The topological polar surface area (TPSA) is 114 Å². The van der Waals surface area contributed by atoms with Crippen molar-refractivity contribution in [3.8, 4) is 0 Å². The van der Waals surface area contributed by atoms with E-state index in [0.717, 1.165) is 18.2 Å². The molecule has 0 radical (unpaired) electrons. The molecule has 0 aliphatic rings. The van der Waals surface area contributed by atoms with Crippen molar-refractivity contribution < 1.29 is 14.5 Å². The molecule has 1 atom stereocenters. The maximum atomic E-state index is 12.4. The summed E-state index contributed by atoms with van der Waals surface area (Å²) in [5.74, 6) is -0.630. The number of amides is 2. The van der Waals surface area contributed by atoms with E-state index >= 15 is 0 Å². The fourth-order valence-electron chi connectivity index (χ4n) is 2.36. The molecular weight excluding hydrogens is 348 g/mol. The number of carbonyl (C=O) groups is 2. The molecule has 8 heteroatoms. The number of nitrogens with zero attached hydrogens (tertiary/aromatic N) is 2. The summed E-state index contributed by atoms with van der Waals surface area (Å²) >= 11 is 0. The number of aryl methyl sites for hydroxylation is 1. The zero-order valence-electron chi connectivity index (χ0n) is 15.5. The predicted octanol–water partition coefficient (Wildman–Crippen LogP) is 2.76. The number of rotatable bonds is 7. The first-order chi connectivity index (χ1) is 12.8. The zero-order valence-corrected chi connectivity index (χ0v) is 15.5. The number of hydrogen-bond donors (Lipinski definition) is 2. The van der Waals surface area contributed by atoms with Crippen LogP contribution in [0.3, 0.4) is 0 Å². The molecule has 27 heavy (non-hydrogen) atoms. The van der Waals surface area contributed by atoms with Gasteiger partial charge < -0.3 is 10.6 Å². The van der Waals surface area contributed by atoms with Gasteiger partial charge in [0.15, 0.2) is 0 Å². The van der Waals surface area contributed by atoms with E-state index < -0.39 is 10.8 Å². The molecule has 2 N–H and O–H groups in total. The van der Waals surface area contributed by atoms with Crippen molar-refractivity contribution in [2.45, 2.75) is 39.8 Å². The second-order valence-corrected chi connectivity index (χ2v) is 6.25. The van der Waals surface area contributed by atoms with E-state index in [0.29, 0.717) is 11.3 Å². The second-order valence-electron chi connectivity index (χ2n) is 6.25. The normalized spacial score (nSPS) is 11.5. The molecule has 0 bridgehead atoms. The van der Waals surface area contributed by atoms with Crippen LogP contribution in [0.25, 0.3) is 0 Å². The molecule has 1 heterocycles. The summed E-state index contributed by atoms with van der Waals surface area (Å²) in [7, 11) is 0. The van der Waals surface area contributed by atoms with Crippen molar-refractivity contribution >= 4 is 17.5 Å². The fraction of sp³-hybridized carbons (Fsp3) is 0.316. The molecular formula is C19H22N4O4. The fourth-order valence-corrected chi connectivity index (χ4v) is 2.36. The van der Waals surface area contributed by atoms with Gasteiger partial charge in [0, 0.05) is 24.2 Å². The number of hydrogen-bond acceptors (Lipinski definition) is 5. The van der Waals surface area contributed by atoms with Crippen LogP contribution >= 0.6 is 0 Å². The number of carbonyl (C=O) groups excluding carboxylic acids is 2. The average molecular weight is 370 g/mol. The summed E-state index contributed by atoms with van der Waals surface area (Å²) in [4.78, 5) is 38.7. The van der Waals surface area contributed by atoms with Gasteiger partial charge in [-0.2, -0.15) is 0 Å². The van der Waals surface area contributed by atoms with Crippen molar-refractivity contribution in [3.63, 3.8) is 0 Å². The molecule has 0 spiro atoms. The molecule has 1 unspecified atom stereocenters.